The number of hydrogen-bond donors (Lipinski definition) is 2. The van der Waals surface area contributed by atoms with E-state index in [9.17, 15) is 9.59 Å². The molecule has 2 aromatic rings. The van der Waals surface area contributed by atoms with Crippen molar-refractivity contribution in [3.05, 3.63) is 35.9 Å². The van der Waals surface area contributed by atoms with Crippen molar-refractivity contribution in [2.24, 2.45) is 0 Å². The highest BCUT2D eigenvalue weighted by Crippen LogP contribution is 2.39. The van der Waals surface area contributed by atoms with Crippen LogP contribution in [-0.4, -0.2) is 38.2 Å². The molecule has 0 aliphatic carbocycles. The fourth-order valence-electron chi connectivity index (χ4n) is 2.88. The average Bonchev–Trinajstić information content (AvgIpc) is 2.70. The van der Waals surface area contributed by atoms with Gasteiger partial charge in [0.25, 0.3) is 11.8 Å². The third-order valence-corrected chi connectivity index (χ3v) is 4.04. The number of hydrogen-bond acceptors (Lipinski definition) is 6. The minimum atomic E-state index is -0.338. The standard InChI is InChI=1S/C21H24N2O6/c1-4-26-17-9-13(10-18(27-5-2)20(17)28-6-3)21(25)22-14-7-8-15-16(11-14)29-12-19(24)23-15/h7-11H,4-6,12H2,1-3H3,(H,22,25)(H,23,24). The predicted molar refractivity (Wildman–Crippen MR) is 108 cm³/mol. The van der Waals surface area contributed by atoms with Gasteiger partial charge in [0.1, 0.15) is 5.75 Å². The van der Waals surface area contributed by atoms with Crippen molar-refractivity contribution in [3.63, 3.8) is 0 Å². The lowest BCUT2D eigenvalue weighted by Crippen LogP contribution is -2.25. The summed E-state index contributed by atoms with van der Waals surface area (Å²) in [5.41, 5.74) is 1.47. The van der Waals surface area contributed by atoms with Crippen LogP contribution in [0.2, 0.25) is 0 Å². The normalized spacial score (nSPS) is 12.3. The number of fused-ring (bicyclic) bond motifs is 1. The number of amides is 2. The molecule has 2 amide bonds. The molecular formula is C21H24N2O6. The van der Waals surface area contributed by atoms with Gasteiger partial charge in [-0.05, 0) is 45.0 Å². The minimum Gasteiger partial charge on any atom is -0.490 e. The fourth-order valence-corrected chi connectivity index (χ4v) is 2.88. The largest absolute Gasteiger partial charge is 0.490 e. The van der Waals surface area contributed by atoms with Gasteiger partial charge in [0.05, 0.1) is 25.5 Å². The quantitative estimate of drug-likeness (QED) is 0.705. The predicted octanol–water partition coefficient (Wildman–Crippen LogP) is 3.47. The number of rotatable bonds is 8. The van der Waals surface area contributed by atoms with Crippen LogP contribution in [0.15, 0.2) is 30.3 Å². The highest BCUT2D eigenvalue weighted by atomic mass is 16.5. The molecule has 0 spiro atoms. The van der Waals surface area contributed by atoms with E-state index in [1.165, 1.54) is 0 Å². The molecule has 0 aromatic heterocycles. The molecule has 154 valence electrons. The van der Waals surface area contributed by atoms with E-state index < -0.39 is 0 Å². The molecule has 2 aromatic carbocycles. The Morgan fingerprint density at radius 2 is 1.69 bits per heavy atom. The highest BCUT2D eigenvalue weighted by molar-refractivity contribution is 6.05. The molecule has 0 atom stereocenters. The molecule has 29 heavy (non-hydrogen) atoms. The number of nitrogens with one attached hydrogen (secondary N) is 2. The van der Waals surface area contributed by atoms with Gasteiger partial charge < -0.3 is 29.6 Å². The van der Waals surface area contributed by atoms with E-state index >= 15 is 0 Å². The van der Waals surface area contributed by atoms with Gasteiger partial charge in [-0.3, -0.25) is 9.59 Å². The molecule has 0 saturated carbocycles. The van der Waals surface area contributed by atoms with Crippen LogP contribution < -0.4 is 29.6 Å². The van der Waals surface area contributed by atoms with Crippen LogP contribution in [0, 0.1) is 0 Å². The van der Waals surface area contributed by atoms with E-state index in [2.05, 4.69) is 10.6 Å². The van der Waals surface area contributed by atoms with E-state index in [1.807, 2.05) is 20.8 Å². The lowest BCUT2D eigenvalue weighted by Gasteiger charge is -2.19. The zero-order chi connectivity index (χ0) is 20.8. The van der Waals surface area contributed by atoms with Crippen molar-refractivity contribution in [2.75, 3.05) is 37.1 Å². The van der Waals surface area contributed by atoms with Crippen molar-refractivity contribution in [2.45, 2.75) is 20.8 Å². The summed E-state index contributed by atoms with van der Waals surface area (Å²) < 4.78 is 22.4. The van der Waals surface area contributed by atoms with Crippen LogP contribution in [0.3, 0.4) is 0 Å². The minimum absolute atomic E-state index is 0.0568. The molecule has 1 aliphatic rings. The second-order valence-electron chi connectivity index (χ2n) is 6.10. The number of ether oxygens (including phenoxy) is 4. The molecular weight excluding hydrogens is 376 g/mol. The SMILES string of the molecule is CCOc1cc(C(=O)Nc2ccc3c(c2)OCC(=O)N3)cc(OCC)c1OCC. The molecule has 1 heterocycles. The van der Waals surface area contributed by atoms with Gasteiger partial charge in [0.2, 0.25) is 5.75 Å². The van der Waals surface area contributed by atoms with Gasteiger partial charge in [-0.25, -0.2) is 0 Å². The first-order valence-corrected chi connectivity index (χ1v) is 9.50. The smallest absolute Gasteiger partial charge is 0.262 e. The number of anilines is 2. The van der Waals surface area contributed by atoms with Gasteiger partial charge in [-0.15, -0.1) is 0 Å². The summed E-state index contributed by atoms with van der Waals surface area (Å²) in [5, 5.41) is 5.54. The summed E-state index contributed by atoms with van der Waals surface area (Å²) in [7, 11) is 0. The third-order valence-electron chi connectivity index (χ3n) is 4.04. The average molecular weight is 400 g/mol. The van der Waals surface area contributed by atoms with E-state index in [1.54, 1.807) is 30.3 Å². The first-order valence-electron chi connectivity index (χ1n) is 9.50. The Labute approximate surface area is 169 Å². The zero-order valence-corrected chi connectivity index (χ0v) is 16.7. The monoisotopic (exact) mass is 400 g/mol. The molecule has 0 bridgehead atoms. The van der Waals surface area contributed by atoms with Gasteiger partial charge in [-0.1, -0.05) is 0 Å². The van der Waals surface area contributed by atoms with Gasteiger partial charge in [-0.2, -0.15) is 0 Å². The zero-order valence-electron chi connectivity index (χ0n) is 16.7. The Morgan fingerprint density at radius 3 is 2.31 bits per heavy atom. The van der Waals surface area contributed by atoms with E-state index in [0.717, 1.165) is 0 Å². The van der Waals surface area contributed by atoms with E-state index in [4.69, 9.17) is 18.9 Å². The van der Waals surface area contributed by atoms with Crippen molar-refractivity contribution < 1.29 is 28.5 Å². The van der Waals surface area contributed by atoms with Crippen LogP contribution in [0.1, 0.15) is 31.1 Å². The van der Waals surface area contributed by atoms with Crippen molar-refractivity contribution >= 4 is 23.2 Å². The number of benzene rings is 2. The summed E-state index contributed by atoms with van der Waals surface area (Å²) >= 11 is 0. The fraction of sp³-hybridized carbons (Fsp3) is 0.333. The van der Waals surface area contributed by atoms with E-state index in [-0.39, 0.29) is 18.4 Å². The van der Waals surface area contributed by atoms with Crippen LogP contribution >= 0.6 is 0 Å². The summed E-state index contributed by atoms with van der Waals surface area (Å²) in [6.45, 7) is 6.81. The molecule has 2 N–H and O–H groups in total. The van der Waals surface area contributed by atoms with Gasteiger partial charge in [0.15, 0.2) is 18.1 Å². The van der Waals surface area contributed by atoms with Gasteiger partial charge >= 0.3 is 0 Å². The van der Waals surface area contributed by atoms with Crippen molar-refractivity contribution in [1.29, 1.82) is 0 Å². The van der Waals surface area contributed by atoms with E-state index in [0.29, 0.717) is 59.8 Å². The Morgan fingerprint density at radius 1 is 1.03 bits per heavy atom. The lowest BCUT2D eigenvalue weighted by molar-refractivity contribution is -0.118. The summed E-state index contributed by atoms with van der Waals surface area (Å²) in [4.78, 5) is 24.2. The van der Waals surface area contributed by atoms with Crippen LogP contribution in [0.25, 0.3) is 0 Å². The topological polar surface area (TPSA) is 95.1 Å². The van der Waals surface area contributed by atoms with Crippen LogP contribution in [-0.2, 0) is 4.79 Å². The molecule has 8 nitrogen and oxygen atoms in total. The van der Waals surface area contributed by atoms with Crippen LogP contribution in [0.4, 0.5) is 11.4 Å². The summed E-state index contributed by atoms with van der Waals surface area (Å²) in [5.74, 6) is 1.32. The maximum atomic E-state index is 12.8. The first kappa shape index (κ1) is 20.3. The second kappa shape index (κ2) is 9.18. The maximum absolute atomic E-state index is 12.8. The maximum Gasteiger partial charge on any atom is 0.262 e. The molecule has 0 fully saturated rings. The molecule has 8 heteroatoms. The first-order chi connectivity index (χ1) is 14.0. The number of carbonyl (C=O) groups excluding carboxylic acids is 2. The Kier molecular flexibility index (Phi) is 6.43. The molecule has 0 unspecified atom stereocenters. The van der Waals surface area contributed by atoms with Crippen LogP contribution in [0.5, 0.6) is 23.0 Å². The molecule has 0 radical (unpaired) electrons. The summed E-state index contributed by atoms with van der Waals surface area (Å²) in [6, 6.07) is 8.28. The van der Waals surface area contributed by atoms with Gasteiger partial charge in [0, 0.05) is 17.3 Å². The Balaban J connectivity index is 1.87. The van der Waals surface area contributed by atoms with Crippen molar-refractivity contribution in [1.82, 2.24) is 0 Å². The Bertz CT molecular complexity index is 885. The number of carbonyl (C=O) groups is 2. The third kappa shape index (κ3) is 4.71. The molecule has 1 aliphatic heterocycles. The lowest BCUT2D eigenvalue weighted by atomic mass is 10.1. The van der Waals surface area contributed by atoms with Crippen molar-refractivity contribution in [3.8, 4) is 23.0 Å². The molecule has 0 saturated heterocycles. The molecule has 3 rings (SSSR count). The Hall–Kier alpha value is -3.42. The summed E-state index contributed by atoms with van der Waals surface area (Å²) in [6.07, 6.45) is 0. The second-order valence-corrected chi connectivity index (χ2v) is 6.10. The highest BCUT2D eigenvalue weighted by Gasteiger charge is 2.20.